The van der Waals surface area contributed by atoms with E-state index < -0.39 is 0 Å². The highest BCUT2D eigenvalue weighted by atomic mass is 15.3. The van der Waals surface area contributed by atoms with E-state index in [1.54, 1.807) is 0 Å². The van der Waals surface area contributed by atoms with Crippen molar-refractivity contribution in [2.24, 2.45) is 5.84 Å². The van der Waals surface area contributed by atoms with E-state index in [4.69, 9.17) is 5.84 Å². The molecule has 1 atom stereocenters. The van der Waals surface area contributed by atoms with Crippen LogP contribution in [0.15, 0.2) is 30.6 Å². The van der Waals surface area contributed by atoms with E-state index in [1.165, 1.54) is 11.1 Å². The molecule has 0 spiro atoms. The number of benzene rings is 1. The molecule has 1 heterocycles. The zero-order valence-corrected chi connectivity index (χ0v) is 11.1. The number of hydrogen-bond acceptors (Lipinski definition) is 3. The van der Waals surface area contributed by atoms with Crippen molar-refractivity contribution >= 4 is 0 Å². The van der Waals surface area contributed by atoms with Crippen LogP contribution in [0.25, 0.3) is 0 Å². The monoisotopic (exact) mass is 244 g/mol. The van der Waals surface area contributed by atoms with Crippen LogP contribution in [0, 0.1) is 13.8 Å². The Balaban J connectivity index is 2.42. The molecule has 2 aromatic rings. The highest BCUT2D eigenvalue weighted by Gasteiger charge is 2.17. The van der Waals surface area contributed by atoms with E-state index in [-0.39, 0.29) is 6.04 Å². The van der Waals surface area contributed by atoms with Gasteiger partial charge < -0.3 is 4.57 Å². The fraction of sp³-hybridized carbons (Fsp3) is 0.357. The standard InChI is InChI=1S/C14H20N4/c1-4-18-8-7-16-14(18)13(17-15)12-6-5-10(2)11(3)9-12/h5-9,13,17H,4,15H2,1-3H3. The van der Waals surface area contributed by atoms with Crippen molar-refractivity contribution in [3.05, 3.63) is 53.1 Å². The first-order valence-electron chi connectivity index (χ1n) is 6.21. The van der Waals surface area contributed by atoms with Crippen LogP contribution in [0.4, 0.5) is 0 Å². The first-order chi connectivity index (χ1) is 8.67. The minimum Gasteiger partial charge on any atom is -0.334 e. The number of nitrogens with zero attached hydrogens (tertiary/aromatic N) is 2. The number of hydrogen-bond donors (Lipinski definition) is 2. The van der Waals surface area contributed by atoms with Crippen LogP contribution in [0.3, 0.4) is 0 Å². The topological polar surface area (TPSA) is 55.9 Å². The second kappa shape index (κ2) is 5.33. The van der Waals surface area contributed by atoms with Crippen molar-refractivity contribution in [1.29, 1.82) is 0 Å². The van der Waals surface area contributed by atoms with Crippen molar-refractivity contribution in [3.8, 4) is 0 Å². The SMILES string of the molecule is CCn1ccnc1C(NN)c1ccc(C)c(C)c1. The largest absolute Gasteiger partial charge is 0.334 e. The molecule has 1 aromatic heterocycles. The van der Waals surface area contributed by atoms with Crippen LogP contribution < -0.4 is 11.3 Å². The van der Waals surface area contributed by atoms with Gasteiger partial charge in [-0.3, -0.25) is 5.84 Å². The summed E-state index contributed by atoms with van der Waals surface area (Å²) in [6.07, 6.45) is 3.78. The van der Waals surface area contributed by atoms with Gasteiger partial charge in [-0.05, 0) is 37.5 Å². The lowest BCUT2D eigenvalue weighted by molar-refractivity contribution is 0.560. The predicted molar refractivity (Wildman–Crippen MR) is 73.0 cm³/mol. The Labute approximate surface area is 108 Å². The summed E-state index contributed by atoms with van der Waals surface area (Å²) in [7, 11) is 0. The fourth-order valence-corrected chi connectivity index (χ4v) is 2.11. The van der Waals surface area contributed by atoms with E-state index in [1.807, 2.05) is 12.4 Å². The zero-order chi connectivity index (χ0) is 13.1. The summed E-state index contributed by atoms with van der Waals surface area (Å²) in [5.74, 6) is 6.65. The highest BCUT2D eigenvalue weighted by Crippen LogP contribution is 2.22. The number of rotatable bonds is 4. The minimum atomic E-state index is -0.0701. The van der Waals surface area contributed by atoms with Gasteiger partial charge in [-0.25, -0.2) is 10.4 Å². The average Bonchev–Trinajstić information content (AvgIpc) is 2.83. The quantitative estimate of drug-likeness (QED) is 0.639. The van der Waals surface area contributed by atoms with E-state index in [0.29, 0.717) is 0 Å². The van der Waals surface area contributed by atoms with Gasteiger partial charge in [-0.15, -0.1) is 0 Å². The summed E-state index contributed by atoms with van der Waals surface area (Å²) in [6, 6.07) is 6.31. The summed E-state index contributed by atoms with van der Waals surface area (Å²) >= 11 is 0. The van der Waals surface area contributed by atoms with Crippen LogP contribution in [0.2, 0.25) is 0 Å². The van der Waals surface area contributed by atoms with Crippen LogP contribution in [0.5, 0.6) is 0 Å². The molecule has 96 valence electrons. The van der Waals surface area contributed by atoms with E-state index >= 15 is 0 Å². The van der Waals surface area contributed by atoms with Gasteiger partial charge in [0.05, 0.1) is 0 Å². The Bertz CT molecular complexity index is 530. The van der Waals surface area contributed by atoms with E-state index in [0.717, 1.165) is 17.9 Å². The Hall–Kier alpha value is -1.65. The van der Waals surface area contributed by atoms with Gasteiger partial charge in [0, 0.05) is 18.9 Å². The van der Waals surface area contributed by atoms with Gasteiger partial charge in [0.15, 0.2) is 0 Å². The van der Waals surface area contributed by atoms with Crippen molar-refractivity contribution < 1.29 is 0 Å². The molecular weight excluding hydrogens is 224 g/mol. The third-order valence-corrected chi connectivity index (χ3v) is 3.38. The molecule has 0 aliphatic rings. The Morgan fingerprint density at radius 1 is 1.33 bits per heavy atom. The second-order valence-electron chi connectivity index (χ2n) is 4.51. The maximum absolute atomic E-state index is 5.70. The second-order valence-corrected chi connectivity index (χ2v) is 4.51. The molecule has 0 amide bonds. The summed E-state index contributed by atoms with van der Waals surface area (Å²) < 4.78 is 2.10. The summed E-state index contributed by atoms with van der Waals surface area (Å²) in [4.78, 5) is 4.41. The molecule has 3 N–H and O–H groups in total. The smallest absolute Gasteiger partial charge is 0.131 e. The third-order valence-electron chi connectivity index (χ3n) is 3.38. The lowest BCUT2D eigenvalue weighted by Crippen LogP contribution is -2.31. The van der Waals surface area contributed by atoms with Crippen molar-refractivity contribution in [1.82, 2.24) is 15.0 Å². The lowest BCUT2D eigenvalue weighted by atomic mass is 10.0. The molecular formula is C14H20N4. The molecule has 0 radical (unpaired) electrons. The van der Waals surface area contributed by atoms with Gasteiger partial charge in [-0.1, -0.05) is 18.2 Å². The maximum Gasteiger partial charge on any atom is 0.131 e. The molecule has 1 unspecified atom stereocenters. The number of aryl methyl sites for hydroxylation is 3. The molecule has 0 aliphatic carbocycles. The molecule has 2 rings (SSSR count). The number of nitrogens with one attached hydrogen (secondary N) is 1. The summed E-state index contributed by atoms with van der Waals surface area (Å²) in [6.45, 7) is 7.20. The van der Waals surface area contributed by atoms with Crippen LogP contribution in [-0.2, 0) is 6.54 Å². The Kier molecular flexibility index (Phi) is 3.79. The van der Waals surface area contributed by atoms with Crippen LogP contribution in [0.1, 0.15) is 35.5 Å². The summed E-state index contributed by atoms with van der Waals surface area (Å²) in [5, 5.41) is 0. The predicted octanol–water partition coefficient (Wildman–Crippen LogP) is 2.07. The van der Waals surface area contributed by atoms with E-state index in [9.17, 15) is 0 Å². The van der Waals surface area contributed by atoms with Gasteiger partial charge in [0.25, 0.3) is 0 Å². The molecule has 1 aromatic carbocycles. The maximum atomic E-state index is 5.70. The van der Waals surface area contributed by atoms with Crippen molar-refractivity contribution in [3.63, 3.8) is 0 Å². The fourth-order valence-electron chi connectivity index (χ4n) is 2.11. The number of imidazole rings is 1. The first kappa shape index (κ1) is 12.8. The molecule has 0 aliphatic heterocycles. The zero-order valence-electron chi connectivity index (χ0n) is 11.1. The Morgan fingerprint density at radius 2 is 2.11 bits per heavy atom. The molecule has 4 nitrogen and oxygen atoms in total. The molecule has 0 saturated carbocycles. The summed E-state index contributed by atoms with van der Waals surface area (Å²) in [5.41, 5.74) is 6.55. The van der Waals surface area contributed by atoms with E-state index in [2.05, 4.69) is 53.9 Å². The normalized spacial score (nSPS) is 12.7. The van der Waals surface area contributed by atoms with Gasteiger partial charge in [-0.2, -0.15) is 0 Å². The molecule has 0 bridgehead atoms. The minimum absolute atomic E-state index is 0.0701. The number of hydrazine groups is 1. The molecule has 0 saturated heterocycles. The Morgan fingerprint density at radius 3 is 2.72 bits per heavy atom. The molecule has 0 fully saturated rings. The van der Waals surface area contributed by atoms with Gasteiger partial charge in [0.1, 0.15) is 11.9 Å². The van der Waals surface area contributed by atoms with Gasteiger partial charge >= 0.3 is 0 Å². The lowest BCUT2D eigenvalue weighted by Gasteiger charge is -2.18. The van der Waals surface area contributed by atoms with Crippen LogP contribution in [-0.4, -0.2) is 9.55 Å². The average molecular weight is 244 g/mol. The first-order valence-corrected chi connectivity index (χ1v) is 6.21. The number of aromatic nitrogens is 2. The van der Waals surface area contributed by atoms with Crippen molar-refractivity contribution in [2.45, 2.75) is 33.4 Å². The molecule has 4 heteroatoms. The molecule has 18 heavy (non-hydrogen) atoms. The third kappa shape index (κ3) is 2.30. The van der Waals surface area contributed by atoms with Crippen LogP contribution >= 0.6 is 0 Å². The highest BCUT2D eigenvalue weighted by molar-refractivity contribution is 5.34. The van der Waals surface area contributed by atoms with Crippen molar-refractivity contribution in [2.75, 3.05) is 0 Å². The number of nitrogens with two attached hydrogens (primary N) is 1. The van der Waals surface area contributed by atoms with Gasteiger partial charge in [0.2, 0.25) is 0 Å².